The van der Waals surface area contributed by atoms with E-state index < -0.39 is 10.0 Å². The number of aromatic nitrogens is 2. The highest BCUT2D eigenvalue weighted by Crippen LogP contribution is 2.23. The Hall–Kier alpha value is -1.18. The quantitative estimate of drug-likeness (QED) is 0.922. The summed E-state index contributed by atoms with van der Waals surface area (Å²) in [7, 11) is -3.52. The lowest BCUT2D eigenvalue weighted by Gasteiger charge is -2.25. The Balaban J connectivity index is 2.36. The van der Waals surface area contributed by atoms with Crippen LogP contribution in [0.15, 0.2) is 28.6 Å². The molecule has 1 N–H and O–H groups in total. The number of aromatic amines is 1. The Morgan fingerprint density at radius 2 is 2.21 bits per heavy atom. The van der Waals surface area contributed by atoms with Crippen molar-refractivity contribution in [1.29, 1.82) is 0 Å². The summed E-state index contributed by atoms with van der Waals surface area (Å²) in [5.74, 6) is 0. The molecule has 2 aromatic rings. The number of aryl methyl sites for hydroxylation is 1. The van der Waals surface area contributed by atoms with E-state index in [9.17, 15) is 8.42 Å². The van der Waals surface area contributed by atoms with Crippen LogP contribution in [0.5, 0.6) is 0 Å². The summed E-state index contributed by atoms with van der Waals surface area (Å²) < 4.78 is 26.8. The minimum atomic E-state index is -3.52. The van der Waals surface area contributed by atoms with Crippen LogP contribution in [0, 0.1) is 6.92 Å². The largest absolute Gasteiger partial charge is 0.281 e. The van der Waals surface area contributed by atoms with Gasteiger partial charge in [-0.1, -0.05) is 6.07 Å². The molecular weight excluding hydrogens is 282 g/mol. The maximum absolute atomic E-state index is 12.7. The molecule has 5 nitrogen and oxygen atoms in total. The molecule has 104 valence electrons. The molecule has 2 aromatic heterocycles. The van der Waals surface area contributed by atoms with Gasteiger partial charge in [0.05, 0.1) is 11.9 Å². The second-order valence-corrected chi connectivity index (χ2v) is 7.47. The summed E-state index contributed by atoms with van der Waals surface area (Å²) in [6.07, 6.45) is 1.37. The van der Waals surface area contributed by atoms with E-state index in [-0.39, 0.29) is 10.9 Å². The van der Waals surface area contributed by atoms with Gasteiger partial charge >= 0.3 is 0 Å². The zero-order valence-corrected chi connectivity index (χ0v) is 12.8. The van der Waals surface area contributed by atoms with Crippen molar-refractivity contribution in [2.24, 2.45) is 0 Å². The van der Waals surface area contributed by atoms with Gasteiger partial charge in [-0.25, -0.2) is 8.42 Å². The SMILES string of the molecule is Cc1[nH]ncc1S(=O)(=O)N(Cc1cccs1)C(C)C. The molecule has 0 saturated carbocycles. The Labute approximate surface area is 117 Å². The summed E-state index contributed by atoms with van der Waals surface area (Å²) in [5.41, 5.74) is 0.567. The summed E-state index contributed by atoms with van der Waals surface area (Å²) in [4.78, 5) is 1.27. The Kier molecular flexibility index (Phi) is 4.07. The lowest BCUT2D eigenvalue weighted by molar-refractivity contribution is 0.350. The molecule has 0 aliphatic carbocycles. The van der Waals surface area contributed by atoms with Crippen LogP contribution in [0.4, 0.5) is 0 Å². The van der Waals surface area contributed by atoms with Crippen LogP contribution >= 0.6 is 11.3 Å². The summed E-state index contributed by atoms with van der Waals surface area (Å²) in [5, 5.41) is 8.42. The van der Waals surface area contributed by atoms with Crippen molar-refractivity contribution in [2.75, 3.05) is 0 Å². The lowest BCUT2D eigenvalue weighted by Crippen LogP contribution is -2.36. The van der Waals surface area contributed by atoms with Crippen LogP contribution in [0.25, 0.3) is 0 Å². The van der Waals surface area contributed by atoms with Crippen LogP contribution in [0.3, 0.4) is 0 Å². The van der Waals surface area contributed by atoms with E-state index in [1.807, 2.05) is 31.4 Å². The van der Waals surface area contributed by atoms with E-state index in [1.54, 1.807) is 18.3 Å². The molecule has 0 saturated heterocycles. The third-order valence-electron chi connectivity index (χ3n) is 2.84. The van der Waals surface area contributed by atoms with Crippen molar-refractivity contribution in [3.05, 3.63) is 34.3 Å². The van der Waals surface area contributed by atoms with Crippen molar-refractivity contribution in [2.45, 2.75) is 38.3 Å². The fraction of sp³-hybridized carbons (Fsp3) is 0.417. The standard InChI is InChI=1S/C12H17N3O2S2/c1-9(2)15(8-11-5-4-6-18-11)19(16,17)12-7-13-14-10(12)3/h4-7,9H,8H2,1-3H3,(H,13,14). The van der Waals surface area contributed by atoms with Gasteiger partial charge in [0.2, 0.25) is 10.0 Å². The number of hydrogen-bond acceptors (Lipinski definition) is 4. The first kappa shape index (κ1) is 14.2. The van der Waals surface area contributed by atoms with Crippen molar-refractivity contribution >= 4 is 21.4 Å². The molecule has 0 bridgehead atoms. The van der Waals surface area contributed by atoms with Gasteiger partial charge in [0, 0.05) is 17.5 Å². The number of nitrogens with one attached hydrogen (secondary N) is 1. The van der Waals surface area contributed by atoms with E-state index in [4.69, 9.17) is 0 Å². The number of sulfonamides is 1. The molecule has 0 atom stereocenters. The number of thiophene rings is 1. The van der Waals surface area contributed by atoms with Gasteiger partial charge in [-0.05, 0) is 32.2 Å². The molecule has 19 heavy (non-hydrogen) atoms. The first-order chi connectivity index (χ1) is 8.93. The Bertz CT molecular complexity index is 630. The maximum Gasteiger partial charge on any atom is 0.247 e. The van der Waals surface area contributed by atoms with E-state index in [0.29, 0.717) is 12.2 Å². The van der Waals surface area contributed by atoms with Gasteiger partial charge in [0.15, 0.2) is 0 Å². The molecule has 0 aliphatic heterocycles. The Morgan fingerprint density at radius 3 is 2.68 bits per heavy atom. The van der Waals surface area contributed by atoms with Crippen LogP contribution in [-0.2, 0) is 16.6 Å². The highest BCUT2D eigenvalue weighted by atomic mass is 32.2. The van der Waals surface area contributed by atoms with E-state index >= 15 is 0 Å². The van der Waals surface area contributed by atoms with Gasteiger partial charge in [-0.3, -0.25) is 5.10 Å². The smallest absolute Gasteiger partial charge is 0.247 e. The van der Waals surface area contributed by atoms with E-state index in [2.05, 4.69) is 10.2 Å². The van der Waals surface area contributed by atoms with Crippen LogP contribution < -0.4 is 0 Å². The third-order valence-corrected chi connectivity index (χ3v) is 5.83. The number of rotatable bonds is 5. The molecule has 2 rings (SSSR count). The third kappa shape index (κ3) is 2.88. The number of hydrogen-bond donors (Lipinski definition) is 1. The predicted molar refractivity (Wildman–Crippen MR) is 75.5 cm³/mol. The first-order valence-corrected chi connectivity index (χ1v) is 8.29. The van der Waals surface area contributed by atoms with Gasteiger partial charge in [0.1, 0.15) is 4.90 Å². The molecular formula is C12H17N3O2S2. The summed E-state index contributed by atoms with van der Waals surface area (Å²) in [6, 6.07) is 3.76. The second-order valence-electron chi connectivity index (χ2n) is 4.58. The van der Waals surface area contributed by atoms with Crippen molar-refractivity contribution in [3.8, 4) is 0 Å². The normalized spacial score (nSPS) is 12.5. The first-order valence-electron chi connectivity index (χ1n) is 5.97. The zero-order chi connectivity index (χ0) is 14.0. The molecule has 0 amide bonds. The average molecular weight is 299 g/mol. The molecule has 0 unspecified atom stereocenters. The molecule has 2 heterocycles. The monoisotopic (exact) mass is 299 g/mol. The summed E-state index contributed by atoms with van der Waals surface area (Å²) >= 11 is 1.56. The van der Waals surface area contributed by atoms with Crippen LogP contribution in [0.2, 0.25) is 0 Å². The molecule has 0 aliphatic rings. The van der Waals surface area contributed by atoms with Crippen LogP contribution in [-0.4, -0.2) is 29.0 Å². The minimum Gasteiger partial charge on any atom is -0.281 e. The minimum absolute atomic E-state index is 0.110. The highest BCUT2D eigenvalue weighted by molar-refractivity contribution is 7.89. The van der Waals surface area contributed by atoms with Gasteiger partial charge in [0.25, 0.3) is 0 Å². The fourth-order valence-corrected chi connectivity index (χ4v) is 4.35. The molecule has 0 fully saturated rings. The van der Waals surface area contributed by atoms with E-state index in [1.165, 1.54) is 10.5 Å². The summed E-state index contributed by atoms with van der Waals surface area (Å²) in [6.45, 7) is 5.85. The topological polar surface area (TPSA) is 66.1 Å². The predicted octanol–water partition coefficient (Wildman–Crippen LogP) is 2.38. The van der Waals surface area contributed by atoms with Crippen molar-refractivity contribution in [1.82, 2.24) is 14.5 Å². The van der Waals surface area contributed by atoms with E-state index in [0.717, 1.165) is 4.88 Å². The van der Waals surface area contributed by atoms with Crippen LogP contribution in [0.1, 0.15) is 24.4 Å². The van der Waals surface area contributed by atoms with Gasteiger partial charge in [-0.2, -0.15) is 9.40 Å². The number of H-pyrrole nitrogens is 1. The number of nitrogens with zero attached hydrogens (tertiary/aromatic N) is 2. The molecule has 0 spiro atoms. The highest BCUT2D eigenvalue weighted by Gasteiger charge is 2.29. The van der Waals surface area contributed by atoms with Gasteiger partial charge in [-0.15, -0.1) is 11.3 Å². The maximum atomic E-state index is 12.7. The lowest BCUT2D eigenvalue weighted by atomic mass is 10.4. The van der Waals surface area contributed by atoms with Crippen molar-refractivity contribution < 1.29 is 8.42 Å². The zero-order valence-electron chi connectivity index (χ0n) is 11.1. The average Bonchev–Trinajstić information content (AvgIpc) is 2.95. The Morgan fingerprint density at radius 1 is 1.47 bits per heavy atom. The van der Waals surface area contributed by atoms with Crippen molar-refractivity contribution in [3.63, 3.8) is 0 Å². The van der Waals surface area contributed by atoms with Gasteiger partial charge < -0.3 is 0 Å². The molecule has 0 radical (unpaired) electrons. The molecule has 0 aromatic carbocycles. The molecule has 7 heteroatoms. The second kappa shape index (κ2) is 5.44. The fourth-order valence-electron chi connectivity index (χ4n) is 1.83.